The SMILES string of the molecule is O=C(NCCCN1CCOCC1)c1cn(-c2ccc3ncnc(Nc4ccc(F)c(Cl)c4)c3c2)cc1CCO. The second kappa shape index (κ2) is 12.5. The third-order valence-corrected chi connectivity index (χ3v) is 6.96. The minimum Gasteiger partial charge on any atom is -0.396 e. The van der Waals surface area contributed by atoms with E-state index in [9.17, 15) is 14.3 Å². The summed E-state index contributed by atoms with van der Waals surface area (Å²) in [5, 5.41) is 16.6. The quantitative estimate of drug-likeness (QED) is 0.256. The monoisotopic (exact) mass is 552 g/mol. The highest BCUT2D eigenvalue weighted by atomic mass is 35.5. The fraction of sp³-hybridized carbons (Fsp3) is 0.321. The van der Waals surface area contributed by atoms with Crippen molar-refractivity contribution < 1.29 is 19.0 Å². The summed E-state index contributed by atoms with van der Waals surface area (Å²) in [5.74, 6) is -0.135. The highest BCUT2D eigenvalue weighted by Gasteiger charge is 2.16. The van der Waals surface area contributed by atoms with Gasteiger partial charge < -0.3 is 25.0 Å². The van der Waals surface area contributed by atoms with Gasteiger partial charge >= 0.3 is 0 Å². The number of ether oxygens (including phenoxy) is 1. The smallest absolute Gasteiger partial charge is 0.253 e. The molecule has 5 rings (SSSR count). The molecule has 3 heterocycles. The molecule has 0 spiro atoms. The van der Waals surface area contributed by atoms with Gasteiger partial charge in [0, 0.05) is 55.4 Å². The molecule has 0 saturated carbocycles. The summed E-state index contributed by atoms with van der Waals surface area (Å²) in [4.78, 5) is 24.1. The van der Waals surface area contributed by atoms with Crippen LogP contribution in [-0.2, 0) is 11.2 Å². The van der Waals surface area contributed by atoms with E-state index in [1.807, 2.05) is 29.0 Å². The Morgan fingerprint density at radius 1 is 1.13 bits per heavy atom. The van der Waals surface area contributed by atoms with Crippen molar-refractivity contribution in [3.05, 3.63) is 77.1 Å². The number of fused-ring (bicyclic) bond motifs is 1. The third kappa shape index (κ3) is 6.54. The van der Waals surface area contributed by atoms with Gasteiger partial charge in [0.05, 0.1) is 29.3 Å². The number of aromatic nitrogens is 3. The van der Waals surface area contributed by atoms with Crippen molar-refractivity contribution in [2.24, 2.45) is 0 Å². The number of carbonyl (C=O) groups excluding carboxylic acids is 1. The Balaban J connectivity index is 1.34. The van der Waals surface area contributed by atoms with Crippen LogP contribution in [0.1, 0.15) is 22.3 Å². The van der Waals surface area contributed by atoms with Gasteiger partial charge in [-0.15, -0.1) is 0 Å². The lowest BCUT2D eigenvalue weighted by Crippen LogP contribution is -2.38. The molecule has 0 unspecified atom stereocenters. The Hall–Kier alpha value is -3.57. The van der Waals surface area contributed by atoms with Crippen LogP contribution >= 0.6 is 11.6 Å². The molecule has 39 heavy (non-hydrogen) atoms. The topological polar surface area (TPSA) is 105 Å². The van der Waals surface area contributed by atoms with Crippen LogP contribution in [-0.4, -0.2) is 76.4 Å². The maximum Gasteiger partial charge on any atom is 0.253 e. The molecule has 204 valence electrons. The van der Waals surface area contributed by atoms with E-state index in [2.05, 4.69) is 25.5 Å². The molecule has 1 aliphatic rings. The number of benzene rings is 2. The van der Waals surface area contributed by atoms with Crippen molar-refractivity contribution in [2.45, 2.75) is 12.8 Å². The predicted octanol–water partition coefficient (Wildman–Crippen LogP) is 3.94. The van der Waals surface area contributed by atoms with Crippen LogP contribution in [0.25, 0.3) is 16.6 Å². The zero-order chi connectivity index (χ0) is 27.2. The van der Waals surface area contributed by atoms with E-state index < -0.39 is 5.82 Å². The van der Waals surface area contributed by atoms with Crippen LogP contribution in [0.3, 0.4) is 0 Å². The van der Waals surface area contributed by atoms with Crippen LogP contribution in [0.4, 0.5) is 15.9 Å². The number of aliphatic hydroxyl groups is 1. The minimum absolute atomic E-state index is 0.00899. The van der Waals surface area contributed by atoms with Gasteiger partial charge in [0.1, 0.15) is 18.0 Å². The maximum atomic E-state index is 13.6. The summed E-state index contributed by atoms with van der Waals surface area (Å²) in [6.45, 7) is 4.75. The van der Waals surface area contributed by atoms with E-state index in [-0.39, 0.29) is 17.5 Å². The van der Waals surface area contributed by atoms with Gasteiger partial charge in [-0.1, -0.05) is 11.6 Å². The van der Waals surface area contributed by atoms with Crippen molar-refractivity contribution in [1.29, 1.82) is 0 Å². The van der Waals surface area contributed by atoms with E-state index in [0.29, 0.717) is 35.6 Å². The number of hydrogen-bond acceptors (Lipinski definition) is 7. The minimum atomic E-state index is -0.500. The molecule has 9 nitrogen and oxygen atoms in total. The van der Waals surface area contributed by atoms with Crippen molar-refractivity contribution in [3.8, 4) is 5.69 Å². The van der Waals surface area contributed by atoms with Gasteiger partial charge in [0.2, 0.25) is 0 Å². The Kier molecular flexibility index (Phi) is 8.67. The lowest BCUT2D eigenvalue weighted by atomic mass is 10.1. The Labute approximate surface area is 230 Å². The molecule has 11 heteroatoms. The molecule has 0 aliphatic carbocycles. The van der Waals surface area contributed by atoms with E-state index in [1.165, 1.54) is 18.5 Å². The van der Waals surface area contributed by atoms with Crippen LogP contribution in [0.15, 0.2) is 55.1 Å². The summed E-state index contributed by atoms with van der Waals surface area (Å²) in [6, 6.07) is 10.0. The number of carbonyl (C=O) groups is 1. The second-order valence-electron chi connectivity index (χ2n) is 9.32. The molecule has 1 saturated heterocycles. The molecule has 2 aromatic heterocycles. The number of anilines is 2. The fourth-order valence-corrected chi connectivity index (χ4v) is 4.79. The molecular formula is C28H30ClFN6O3. The van der Waals surface area contributed by atoms with E-state index in [1.54, 1.807) is 12.3 Å². The number of morpholine rings is 1. The van der Waals surface area contributed by atoms with Crippen LogP contribution in [0, 0.1) is 5.82 Å². The fourth-order valence-electron chi connectivity index (χ4n) is 4.61. The number of aliphatic hydroxyl groups excluding tert-OH is 1. The molecule has 3 N–H and O–H groups in total. The van der Waals surface area contributed by atoms with Crippen molar-refractivity contribution >= 4 is 39.9 Å². The van der Waals surface area contributed by atoms with E-state index in [4.69, 9.17) is 16.3 Å². The predicted molar refractivity (Wildman–Crippen MR) is 149 cm³/mol. The van der Waals surface area contributed by atoms with E-state index >= 15 is 0 Å². The van der Waals surface area contributed by atoms with Crippen LogP contribution in [0.5, 0.6) is 0 Å². The molecule has 2 aromatic carbocycles. The van der Waals surface area contributed by atoms with Gasteiger partial charge in [-0.3, -0.25) is 9.69 Å². The van der Waals surface area contributed by atoms with E-state index in [0.717, 1.165) is 55.9 Å². The normalized spacial score (nSPS) is 14.0. The average molecular weight is 553 g/mol. The maximum absolute atomic E-state index is 13.6. The first-order chi connectivity index (χ1) is 19.0. The zero-order valence-electron chi connectivity index (χ0n) is 21.4. The first kappa shape index (κ1) is 27.0. The molecule has 1 fully saturated rings. The van der Waals surface area contributed by atoms with Crippen LogP contribution in [0.2, 0.25) is 5.02 Å². The van der Waals surface area contributed by atoms with Crippen molar-refractivity contribution in [3.63, 3.8) is 0 Å². The molecule has 0 atom stereocenters. The Morgan fingerprint density at radius 2 is 1.97 bits per heavy atom. The lowest BCUT2D eigenvalue weighted by Gasteiger charge is -2.26. The molecule has 1 amide bonds. The zero-order valence-corrected chi connectivity index (χ0v) is 22.1. The first-order valence-corrected chi connectivity index (χ1v) is 13.3. The highest BCUT2D eigenvalue weighted by Crippen LogP contribution is 2.28. The largest absolute Gasteiger partial charge is 0.396 e. The molecule has 0 radical (unpaired) electrons. The molecule has 4 aromatic rings. The summed E-state index contributed by atoms with van der Waals surface area (Å²) in [6.07, 6.45) is 6.29. The lowest BCUT2D eigenvalue weighted by molar-refractivity contribution is 0.0374. The van der Waals surface area contributed by atoms with Gasteiger partial charge in [-0.05, 0) is 61.3 Å². The molecule has 0 bridgehead atoms. The van der Waals surface area contributed by atoms with Crippen LogP contribution < -0.4 is 10.6 Å². The van der Waals surface area contributed by atoms with Gasteiger partial charge in [-0.25, -0.2) is 14.4 Å². The molecular weight excluding hydrogens is 523 g/mol. The van der Waals surface area contributed by atoms with Gasteiger partial charge in [-0.2, -0.15) is 0 Å². The first-order valence-electron chi connectivity index (χ1n) is 12.9. The molecule has 1 aliphatic heterocycles. The standard InChI is InChI=1S/C28H30ClFN6O3/c29-24-14-20(2-4-25(24)30)34-27-22-15-21(3-5-26(22)32-18-33-27)36-16-19(6-11-37)23(17-36)28(38)31-7-1-8-35-9-12-39-13-10-35/h2-5,14-18,37H,1,6-13H2,(H,31,38)(H,32,33,34). The summed E-state index contributed by atoms with van der Waals surface area (Å²) in [5.41, 5.74) is 3.38. The average Bonchev–Trinajstić information content (AvgIpc) is 3.38. The number of hydrogen-bond donors (Lipinski definition) is 3. The highest BCUT2D eigenvalue weighted by molar-refractivity contribution is 6.31. The summed E-state index contributed by atoms with van der Waals surface area (Å²) in [7, 11) is 0. The van der Waals surface area contributed by atoms with Crippen molar-refractivity contribution in [2.75, 3.05) is 51.3 Å². The second-order valence-corrected chi connectivity index (χ2v) is 9.73. The number of amides is 1. The summed E-state index contributed by atoms with van der Waals surface area (Å²) >= 11 is 5.94. The Bertz CT molecular complexity index is 1460. The number of halogens is 2. The number of nitrogens with zero attached hydrogens (tertiary/aromatic N) is 4. The number of nitrogens with one attached hydrogen (secondary N) is 2. The summed E-state index contributed by atoms with van der Waals surface area (Å²) < 4.78 is 20.8. The van der Waals surface area contributed by atoms with Crippen molar-refractivity contribution in [1.82, 2.24) is 24.8 Å². The van der Waals surface area contributed by atoms with Gasteiger partial charge in [0.25, 0.3) is 5.91 Å². The Morgan fingerprint density at radius 3 is 2.77 bits per heavy atom. The van der Waals surface area contributed by atoms with Gasteiger partial charge in [0.15, 0.2) is 0 Å². The number of rotatable bonds is 10. The third-order valence-electron chi connectivity index (χ3n) is 6.67.